The fourth-order valence-corrected chi connectivity index (χ4v) is 11.1. The first-order valence-electron chi connectivity index (χ1n) is 16.9. The van der Waals surface area contributed by atoms with Gasteiger partial charge in [0.2, 0.25) is 0 Å². The van der Waals surface area contributed by atoms with Gasteiger partial charge in [0.25, 0.3) is 0 Å². The molecule has 8 bridgehead atoms. The molecule has 16 unspecified atom stereocenters. The smallest absolute Gasteiger partial charge is 0.0116 e. The third-order valence-corrected chi connectivity index (χ3v) is 13.2. The van der Waals surface area contributed by atoms with Crippen LogP contribution < -0.4 is 21.3 Å². The second-order valence-corrected chi connectivity index (χ2v) is 14.4. The molecule has 0 amide bonds. The summed E-state index contributed by atoms with van der Waals surface area (Å²) in [6.45, 7) is 20.0. The molecule has 5 aliphatic rings. The highest BCUT2D eigenvalue weighted by Gasteiger charge is 2.50. The van der Waals surface area contributed by atoms with Gasteiger partial charge in [0.15, 0.2) is 0 Å². The molecule has 5 fully saturated rings. The molecule has 5 saturated heterocycles. The quantitative estimate of drug-likeness (QED) is 0.366. The molecule has 5 heterocycles. The van der Waals surface area contributed by atoms with Gasteiger partial charge in [-0.15, -0.1) is 0 Å². The van der Waals surface area contributed by atoms with Gasteiger partial charge in [-0.25, -0.2) is 0 Å². The third kappa shape index (κ3) is 5.08. The van der Waals surface area contributed by atoms with Crippen LogP contribution in [0.25, 0.3) is 0 Å². The Kier molecular flexibility index (Phi) is 9.01. The summed E-state index contributed by atoms with van der Waals surface area (Å²) in [5.74, 6) is 6.45. The number of hydrogen-bond acceptors (Lipinski definition) is 4. The summed E-state index contributed by atoms with van der Waals surface area (Å²) < 4.78 is 0. The van der Waals surface area contributed by atoms with Crippen molar-refractivity contribution >= 4 is 0 Å². The van der Waals surface area contributed by atoms with E-state index < -0.39 is 0 Å². The van der Waals surface area contributed by atoms with Crippen LogP contribution in [0.2, 0.25) is 0 Å². The van der Waals surface area contributed by atoms with E-state index in [0.29, 0.717) is 48.3 Å². The van der Waals surface area contributed by atoms with E-state index >= 15 is 0 Å². The van der Waals surface area contributed by atoms with E-state index in [9.17, 15) is 0 Å². The molecule has 0 aromatic carbocycles. The lowest BCUT2D eigenvalue weighted by Gasteiger charge is -2.28. The van der Waals surface area contributed by atoms with Crippen LogP contribution in [0.5, 0.6) is 0 Å². The predicted octanol–water partition coefficient (Wildman–Crippen LogP) is 5.96. The van der Waals surface area contributed by atoms with Gasteiger partial charge in [-0.3, -0.25) is 0 Å². The van der Waals surface area contributed by atoms with Gasteiger partial charge in [-0.05, 0) is 73.0 Å². The van der Waals surface area contributed by atoms with Crippen molar-refractivity contribution in [3.8, 4) is 0 Å². The van der Waals surface area contributed by atoms with Crippen molar-refractivity contribution in [1.82, 2.24) is 21.3 Å². The van der Waals surface area contributed by atoms with E-state index in [2.05, 4.69) is 76.7 Å². The molecule has 37 heavy (non-hydrogen) atoms. The van der Waals surface area contributed by atoms with Crippen LogP contribution >= 0.6 is 0 Å². The molecule has 5 aliphatic heterocycles. The maximum atomic E-state index is 4.31. The average molecular weight is 515 g/mol. The summed E-state index contributed by atoms with van der Waals surface area (Å²) in [7, 11) is 0. The second kappa shape index (κ2) is 11.8. The summed E-state index contributed by atoms with van der Waals surface area (Å²) in [6, 6.07) is 5.36. The van der Waals surface area contributed by atoms with E-state index in [-0.39, 0.29) is 0 Å². The molecule has 4 nitrogen and oxygen atoms in total. The Morgan fingerprint density at radius 1 is 0.351 bits per heavy atom. The van der Waals surface area contributed by atoms with Crippen LogP contribution in [-0.2, 0) is 0 Å². The zero-order chi connectivity index (χ0) is 26.4. The van der Waals surface area contributed by atoms with Crippen molar-refractivity contribution in [3.05, 3.63) is 0 Å². The molecule has 0 aromatic heterocycles. The first kappa shape index (κ1) is 28.4. The molecule has 0 aromatic rings. The van der Waals surface area contributed by atoms with Gasteiger partial charge >= 0.3 is 0 Å². The molecule has 0 saturated carbocycles. The fraction of sp³-hybridized carbons (Fsp3) is 1.00. The molecule has 16 atom stereocenters. The van der Waals surface area contributed by atoms with E-state index in [0.717, 1.165) is 47.3 Å². The highest BCUT2D eigenvalue weighted by Crippen LogP contribution is 2.45. The van der Waals surface area contributed by atoms with Crippen LogP contribution in [0, 0.1) is 47.3 Å². The molecule has 0 radical (unpaired) electrons. The summed E-state index contributed by atoms with van der Waals surface area (Å²) in [5.41, 5.74) is 0. The van der Waals surface area contributed by atoms with Crippen molar-refractivity contribution in [3.63, 3.8) is 0 Å². The maximum Gasteiger partial charge on any atom is 0.0116 e. The molecule has 214 valence electrons. The topological polar surface area (TPSA) is 48.1 Å². The highest BCUT2D eigenvalue weighted by atomic mass is 15.1. The number of fused-ring (bicyclic) bond motifs is 8. The Morgan fingerprint density at radius 3 is 0.865 bits per heavy atom. The normalized spacial score (nSPS) is 54.2. The Balaban J connectivity index is 1.46. The van der Waals surface area contributed by atoms with E-state index in [1.165, 1.54) is 57.8 Å². The van der Waals surface area contributed by atoms with Crippen molar-refractivity contribution in [1.29, 1.82) is 0 Å². The van der Waals surface area contributed by atoms with Gasteiger partial charge in [0.05, 0.1) is 0 Å². The van der Waals surface area contributed by atoms with Crippen molar-refractivity contribution in [2.75, 3.05) is 0 Å². The van der Waals surface area contributed by atoms with E-state index in [1.54, 1.807) is 0 Å². The molecule has 5 rings (SSSR count). The summed E-state index contributed by atoms with van der Waals surface area (Å²) in [5, 5.41) is 17.2. The van der Waals surface area contributed by atoms with Crippen LogP contribution in [0.3, 0.4) is 0 Å². The van der Waals surface area contributed by atoms with E-state index in [1.807, 2.05) is 0 Å². The first-order valence-corrected chi connectivity index (χ1v) is 16.9. The molecule has 0 aliphatic carbocycles. The monoisotopic (exact) mass is 514 g/mol. The largest absolute Gasteiger partial charge is 0.311 e. The second-order valence-electron chi connectivity index (χ2n) is 14.4. The van der Waals surface area contributed by atoms with Gasteiger partial charge in [0.1, 0.15) is 0 Å². The lowest BCUT2D eigenvalue weighted by atomic mass is 9.76. The number of rotatable bonds is 5. The Hall–Kier alpha value is -0.160. The number of hydrogen-bond donors (Lipinski definition) is 4. The number of nitrogens with one attached hydrogen (secondary N) is 4. The van der Waals surface area contributed by atoms with Gasteiger partial charge in [-0.1, -0.05) is 87.5 Å². The Bertz CT molecular complexity index is 740. The zero-order valence-corrected chi connectivity index (χ0v) is 25.6. The Morgan fingerprint density at radius 2 is 0.568 bits per heavy atom. The zero-order valence-electron chi connectivity index (χ0n) is 25.6. The van der Waals surface area contributed by atoms with Crippen LogP contribution in [0.15, 0.2) is 0 Å². The van der Waals surface area contributed by atoms with Crippen LogP contribution in [0.4, 0.5) is 0 Å². The molecule has 4 heteroatoms. The minimum Gasteiger partial charge on any atom is -0.311 e. The Labute approximate surface area is 230 Å². The fourth-order valence-electron chi connectivity index (χ4n) is 11.1. The average Bonchev–Trinajstić information content (AvgIpc) is 3.56. The van der Waals surface area contributed by atoms with Gasteiger partial charge in [0, 0.05) is 48.3 Å². The molecule has 0 spiro atoms. The lowest BCUT2D eigenvalue weighted by molar-refractivity contribution is 0.267. The van der Waals surface area contributed by atoms with Crippen LogP contribution in [0.1, 0.15) is 113 Å². The van der Waals surface area contributed by atoms with Gasteiger partial charge in [-0.2, -0.15) is 0 Å². The van der Waals surface area contributed by atoms with Gasteiger partial charge < -0.3 is 21.3 Å². The third-order valence-electron chi connectivity index (χ3n) is 13.2. The maximum absolute atomic E-state index is 4.31. The highest BCUT2D eigenvalue weighted by molar-refractivity contribution is 5.08. The standard InChI is InChI=1S/C33H62N4/c1-9-21-18(6)26-14-27-19(7)22(10-2)31(35-27)17-33-25(13-5)24(12-4)32(37-33)15-28-20(8)23(11-3)30(36-28)16-29(21)34-26/h18-37H,9-17H2,1-8H3. The SMILES string of the molecule is CCC1C2CC3NC(CC4NC(CC5NC(CC(N2)C1C)C(C)C5CC)C(CC)C4CC)C(C)C3CC. The van der Waals surface area contributed by atoms with E-state index in [4.69, 9.17) is 0 Å². The van der Waals surface area contributed by atoms with Crippen molar-refractivity contribution in [2.45, 2.75) is 162 Å². The summed E-state index contributed by atoms with van der Waals surface area (Å²) >= 11 is 0. The van der Waals surface area contributed by atoms with Crippen molar-refractivity contribution in [2.24, 2.45) is 47.3 Å². The molecular formula is C33H62N4. The minimum atomic E-state index is 0.663. The molecule has 4 N–H and O–H groups in total. The summed E-state index contributed by atoms with van der Waals surface area (Å²) in [4.78, 5) is 0. The van der Waals surface area contributed by atoms with Crippen LogP contribution in [-0.4, -0.2) is 48.3 Å². The predicted molar refractivity (Wildman–Crippen MR) is 158 cm³/mol. The minimum absolute atomic E-state index is 0.663. The summed E-state index contributed by atoms with van der Waals surface area (Å²) in [6.07, 6.45) is 11.9. The lowest BCUT2D eigenvalue weighted by Crippen LogP contribution is -2.45. The van der Waals surface area contributed by atoms with Crippen molar-refractivity contribution < 1.29 is 0 Å². The molecular weight excluding hydrogens is 452 g/mol. The first-order chi connectivity index (χ1) is 17.8.